The van der Waals surface area contributed by atoms with E-state index in [-0.39, 0.29) is 12.1 Å². The molecule has 5 heteroatoms. The highest BCUT2D eigenvalue weighted by molar-refractivity contribution is 5.16. The predicted octanol–water partition coefficient (Wildman–Crippen LogP) is 4.31. The maximum atomic E-state index is 13.9. The van der Waals surface area contributed by atoms with Crippen LogP contribution in [0.1, 0.15) is 70.7 Å². The fourth-order valence-electron chi connectivity index (χ4n) is 2.06. The molecule has 0 fully saturated rings. The second-order valence-electron chi connectivity index (χ2n) is 4.98. The molecule has 1 aromatic heterocycles. The van der Waals surface area contributed by atoms with E-state index < -0.39 is 5.92 Å². The molecule has 19 heavy (non-hydrogen) atoms. The van der Waals surface area contributed by atoms with Gasteiger partial charge in [-0.2, -0.15) is 8.78 Å². The molecule has 0 amide bonds. The summed E-state index contributed by atoms with van der Waals surface area (Å²) in [5, 5.41) is 7.69. The van der Waals surface area contributed by atoms with E-state index in [1.165, 1.54) is 6.92 Å². The minimum absolute atomic E-state index is 0.109. The average Bonchev–Trinajstić information content (AvgIpc) is 2.80. The van der Waals surface area contributed by atoms with E-state index in [2.05, 4.69) is 24.2 Å². The summed E-state index contributed by atoms with van der Waals surface area (Å²) >= 11 is 0. The Morgan fingerprint density at radius 1 is 1.05 bits per heavy atom. The summed E-state index contributed by atoms with van der Waals surface area (Å²) in [6.45, 7) is 6.36. The first-order valence-corrected chi connectivity index (χ1v) is 7.37. The van der Waals surface area contributed by atoms with Crippen LogP contribution in [-0.4, -0.2) is 15.0 Å². The second kappa shape index (κ2) is 7.56. The molecule has 1 rings (SSSR count). The predicted molar refractivity (Wildman–Crippen MR) is 72.3 cm³/mol. The first-order chi connectivity index (χ1) is 9.06. The average molecular weight is 273 g/mol. The van der Waals surface area contributed by atoms with Gasteiger partial charge in [0.05, 0.1) is 5.69 Å². The molecule has 1 heterocycles. The van der Waals surface area contributed by atoms with Gasteiger partial charge in [0.2, 0.25) is 0 Å². The number of hydrogen-bond acceptors (Lipinski definition) is 2. The number of rotatable bonds is 9. The van der Waals surface area contributed by atoms with Crippen molar-refractivity contribution in [1.29, 1.82) is 0 Å². The Balaban J connectivity index is 2.92. The number of nitrogens with zero attached hydrogens (tertiary/aromatic N) is 3. The lowest BCUT2D eigenvalue weighted by Gasteiger charge is -2.14. The van der Waals surface area contributed by atoms with Crippen LogP contribution >= 0.6 is 0 Å². The van der Waals surface area contributed by atoms with E-state index in [1.54, 1.807) is 4.68 Å². The molecule has 0 radical (unpaired) electrons. The summed E-state index contributed by atoms with van der Waals surface area (Å²) in [6, 6.07) is 0. The minimum Gasteiger partial charge on any atom is -0.249 e. The summed E-state index contributed by atoms with van der Waals surface area (Å²) in [7, 11) is 0. The molecule has 0 spiro atoms. The first-order valence-electron chi connectivity index (χ1n) is 7.37. The SMILES string of the molecule is CCCCCc1c(C(F)(F)CC)nnn1CCCC. The summed E-state index contributed by atoms with van der Waals surface area (Å²) in [5.74, 6) is -2.86. The van der Waals surface area contributed by atoms with Crippen LogP contribution < -0.4 is 0 Å². The van der Waals surface area contributed by atoms with E-state index >= 15 is 0 Å². The molecule has 0 atom stereocenters. The van der Waals surface area contributed by atoms with Crippen LogP contribution in [0.25, 0.3) is 0 Å². The van der Waals surface area contributed by atoms with Crippen LogP contribution in [0.2, 0.25) is 0 Å². The Labute approximate surface area is 114 Å². The van der Waals surface area contributed by atoms with Gasteiger partial charge in [0.25, 0.3) is 5.92 Å². The van der Waals surface area contributed by atoms with E-state index in [4.69, 9.17) is 0 Å². The van der Waals surface area contributed by atoms with Gasteiger partial charge < -0.3 is 0 Å². The monoisotopic (exact) mass is 273 g/mol. The number of alkyl halides is 2. The zero-order chi connectivity index (χ0) is 14.3. The van der Waals surface area contributed by atoms with Crippen molar-refractivity contribution >= 4 is 0 Å². The Morgan fingerprint density at radius 3 is 2.32 bits per heavy atom. The van der Waals surface area contributed by atoms with Crippen LogP contribution in [0.3, 0.4) is 0 Å². The number of unbranched alkanes of at least 4 members (excludes halogenated alkanes) is 3. The van der Waals surface area contributed by atoms with Gasteiger partial charge in [-0.25, -0.2) is 4.68 Å². The molecule has 1 aromatic rings. The van der Waals surface area contributed by atoms with Gasteiger partial charge in [-0.1, -0.05) is 45.2 Å². The Morgan fingerprint density at radius 2 is 1.74 bits per heavy atom. The van der Waals surface area contributed by atoms with Gasteiger partial charge in [0.15, 0.2) is 5.69 Å². The molecule has 0 aromatic carbocycles. The zero-order valence-corrected chi connectivity index (χ0v) is 12.3. The summed E-state index contributed by atoms with van der Waals surface area (Å²) < 4.78 is 29.4. The van der Waals surface area contributed by atoms with Gasteiger partial charge in [-0.05, 0) is 19.3 Å². The lowest BCUT2D eigenvalue weighted by molar-refractivity contribution is -0.0138. The summed E-state index contributed by atoms with van der Waals surface area (Å²) in [5.41, 5.74) is 0.524. The summed E-state index contributed by atoms with van der Waals surface area (Å²) in [6.07, 6.45) is 5.44. The topological polar surface area (TPSA) is 30.7 Å². The number of halogens is 2. The van der Waals surface area contributed by atoms with E-state index in [9.17, 15) is 8.78 Å². The van der Waals surface area contributed by atoms with Gasteiger partial charge >= 0.3 is 0 Å². The maximum absolute atomic E-state index is 13.9. The van der Waals surface area contributed by atoms with Crippen LogP contribution in [0.5, 0.6) is 0 Å². The first kappa shape index (κ1) is 16.1. The fraction of sp³-hybridized carbons (Fsp3) is 0.857. The van der Waals surface area contributed by atoms with E-state index in [0.717, 1.165) is 32.1 Å². The van der Waals surface area contributed by atoms with Crippen molar-refractivity contribution in [1.82, 2.24) is 15.0 Å². The lowest BCUT2D eigenvalue weighted by atomic mass is 10.1. The molecule has 0 saturated heterocycles. The van der Waals surface area contributed by atoms with Gasteiger partial charge in [-0.3, -0.25) is 0 Å². The highest BCUT2D eigenvalue weighted by Gasteiger charge is 2.36. The molecule has 0 aliphatic heterocycles. The molecule has 0 saturated carbocycles. The van der Waals surface area contributed by atoms with Crippen LogP contribution in [0.4, 0.5) is 8.78 Å². The standard InChI is InChI=1S/C14H25F2N3/c1-4-7-9-10-12-13(14(15,16)6-3)17-18-19(12)11-8-5-2/h4-11H2,1-3H3. The van der Waals surface area contributed by atoms with Crippen molar-refractivity contribution in [3.05, 3.63) is 11.4 Å². The van der Waals surface area contributed by atoms with Gasteiger partial charge in [0.1, 0.15) is 0 Å². The highest BCUT2D eigenvalue weighted by atomic mass is 19.3. The van der Waals surface area contributed by atoms with Crippen LogP contribution in [0, 0.1) is 0 Å². The normalized spacial score (nSPS) is 12.1. The molecule has 0 N–H and O–H groups in total. The van der Waals surface area contributed by atoms with Crippen LogP contribution in [-0.2, 0) is 18.9 Å². The molecule has 3 nitrogen and oxygen atoms in total. The summed E-state index contributed by atoms with van der Waals surface area (Å²) in [4.78, 5) is 0. The maximum Gasteiger partial charge on any atom is 0.293 e. The highest BCUT2D eigenvalue weighted by Crippen LogP contribution is 2.32. The molecular formula is C14H25F2N3. The van der Waals surface area contributed by atoms with Crippen molar-refractivity contribution in [2.24, 2.45) is 0 Å². The van der Waals surface area contributed by atoms with Crippen molar-refractivity contribution in [3.63, 3.8) is 0 Å². The Hall–Kier alpha value is -1.00. The molecular weight excluding hydrogens is 248 g/mol. The van der Waals surface area contributed by atoms with E-state index in [0.29, 0.717) is 18.7 Å². The number of hydrogen-bond donors (Lipinski definition) is 0. The Bertz CT molecular complexity index is 375. The third-order valence-electron chi connectivity index (χ3n) is 3.37. The minimum atomic E-state index is -2.86. The number of aromatic nitrogens is 3. The largest absolute Gasteiger partial charge is 0.293 e. The molecule has 0 aliphatic carbocycles. The molecule has 0 unspecified atom stereocenters. The third kappa shape index (κ3) is 4.25. The molecule has 110 valence electrons. The van der Waals surface area contributed by atoms with Crippen LogP contribution in [0.15, 0.2) is 0 Å². The van der Waals surface area contributed by atoms with Crippen molar-refractivity contribution in [2.75, 3.05) is 0 Å². The second-order valence-corrected chi connectivity index (χ2v) is 4.98. The quantitative estimate of drug-likeness (QED) is 0.628. The fourth-order valence-corrected chi connectivity index (χ4v) is 2.06. The molecule has 0 bridgehead atoms. The van der Waals surface area contributed by atoms with Crippen molar-refractivity contribution in [2.45, 2.75) is 78.2 Å². The van der Waals surface area contributed by atoms with Gasteiger partial charge in [0, 0.05) is 13.0 Å². The van der Waals surface area contributed by atoms with Crippen molar-refractivity contribution < 1.29 is 8.78 Å². The number of aryl methyl sites for hydroxylation is 1. The zero-order valence-electron chi connectivity index (χ0n) is 12.3. The van der Waals surface area contributed by atoms with Crippen molar-refractivity contribution in [3.8, 4) is 0 Å². The Kier molecular flexibility index (Phi) is 6.38. The third-order valence-corrected chi connectivity index (χ3v) is 3.37. The smallest absolute Gasteiger partial charge is 0.249 e. The lowest BCUT2D eigenvalue weighted by Crippen LogP contribution is -2.16. The molecule has 0 aliphatic rings. The van der Waals surface area contributed by atoms with Gasteiger partial charge in [-0.15, -0.1) is 5.10 Å². The van der Waals surface area contributed by atoms with E-state index in [1.807, 2.05) is 0 Å².